The average molecular weight is 277 g/mol. The van der Waals surface area contributed by atoms with Crippen LogP contribution >= 0.6 is 0 Å². The predicted octanol–water partition coefficient (Wildman–Crippen LogP) is -0.823. The van der Waals surface area contributed by atoms with Gasteiger partial charge in [-0.05, 0) is 12.1 Å². The Morgan fingerprint density at radius 3 is 1.73 bits per heavy atom. The third-order valence-electron chi connectivity index (χ3n) is 1.32. The summed E-state index contributed by atoms with van der Waals surface area (Å²) >= 11 is -1.94. The van der Waals surface area contributed by atoms with Crippen molar-refractivity contribution in [2.75, 3.05) is 0 Å². The Bertz CT molecular complexity index is 353. The van der Waals surface area contributed by atoms with Crippen molar-refractivity contribution < 1.29 is 33.1 Å². The van der Waals surface area contributed by atoms with Crippen molar-refractivity contribution in [3.8, 4) is 17.2 Å². The second kappa shape index (κ2) is 5.86. The first-order valence-corrected chi connectivity index (χ1v) is 5.57. The topological polar surface area (TPSA) is 135 Å². The van der Waals surface area contributed by atoms with Crippen molar-refractivity contribution in [1.29, 1.82) is 0 Å². The van der Waals surface area contributed by atoms with E-state index in [4.69, 9.17) is 28.3 Å². The fraction of sp³-hybridized carbons (Fsp3) is 0. The van der Waals surface area contributed by atoms with E-state index in [0.717, 1.165) is 12.1 Å². The van der Waals surface area contributed by atoms with Crippen molar-refractivity contribution >= 4 is 21.7 Å². The van der Waals surface area contributed by atoms with E-state index in [-0.39, 0.29) is 5.56 Å². The Hall–Kier alpha value is -1.77. The van der Waals surface area contributed by atoms with Gasteiger partial charge < -0.3 is 20.4 Å². The van der Waals surface area contributed by atoms with Gasteiger partial charge in [0.1, 0.15) is 0 Å². The Labute approximate surface area is 90.3 Å². The summed E-state index contributed by atoms with van der Waals surface area (Å²) < 4.78 is 15.8. The number of rotatable bonds is 1. The zero-order chi connectivity index (χ0) is 12.0. The molecule has 5 N–H and O–H groups in total. The Kier molecular flexibility index (Phi) is 5.17. The molecule has 0 bridgehead atoms. The standard InChI is InChI=1S/C7H6O5.GeH2O2/c8-4-1-3(7(11)12)2-5(9)6(4)10;2-1-3/h1-2,8-10H,(H,11,12);1-2H. The quantitative estimate of drug-likeness (QED) is 0.334. The van der Waals surface area contributed by atoms with Gasteiger partial charge in [0.2, 0.25) is 0 Å². The van der Waals surface area contributed by atoms with E-state index in [1.807, 2.05) is 0 Å². The first-order valence-electron chi connectivity index (χ1n) is 3.50. The molecule has 0 radical (unpaired) electrons. The molecule has 1 rings (SSSR count). The number of hydrogen-bond donors (Lipinski definition) is 5. The Balaban J connectivity index is 0.000000583. The molecule has 0 aromatic heterocycles. The van der Waals surface area contributed by atoms with Crippen LogP contribution in [-0.4, -0.2) is 46.2 Å². The van der Waals surface area contributed by atoms with Gasteiger partial charge >= 0.3 is 29.6 Å². The van der Waals surface area contributed by atoms with Gasteiger partial charge in [-0.25, -0.2) is 4.79 Å². The van der Waals surface area contributed by atoms with Crippen LogP contribution in [0.1, 0.15) is 10.4 Å². The second-order valence-electron chi connectivity index (χ2n) is 2.27. The van der Waals surface area contributed by atoms with Crippen molar-refractivity contribution in [3.05, 3.63) is 17.7 Å². The maximum absolute atomic E-state index is 10.3. The number of carboxylic acid groups (broad SMARTS) is 1. The molecule has 0 saturated heterocycles. The monoisotopic (exact) mass is 278 g/mol. The Morgan fingerprint density at radius 2 is 1.47 bits per heavy atom. The number of benzene rings is 1. The molecule has 0 aliphatic rings. The van der Waals surface area contributed by atoms with Gasteiger partial charge in [0, 0.05) is 0 Å². The first-order chi connectivity index (χ1) is 6.93. The Morgan fingerprint density at radius 1 is 1.13 bits per heavy atom. The van der Waals surface area contributed by atoms with Crippen LogP contribution in [0.4, 0.5) is 0 Å². The van der Waals surface area contributed by atoms with Gasteiger partial charge in [0.05, 0.1) is 5.56 Å². The van der Waals surface area contributed by atoms with E-state index in [2.05, 4.69) is 0 Å². The molecule has 7 nitrogen and oxygen atoms in total. The van der Waals surface area contributed by atoms with Crippen LogP contribution < -0.4 is 0 Å². The molecule has 0 fully saturated rings. The number of phenolic OH excluding ortho intramolecular Hbond substituents is 3. The zero-order valence-electron chi connectivity index (χ0n) is 7.28. The van der Waals surface area contributed by atoms with Crippen LogP contribution in [0, 0.1) is 0 Å². The molecule has 0 atom stereocenters. The maximum atomic E-state index is 10.3. The van der Waals surface area contributed by atoms with Gasteiger partial charge in [-0.2, -0.15) is 0 Å². The third-order valence-corrected chi connectivity index (χ3v) is 1.32. The minimum atomic E-state index is -1.94. The normalized spacial score (nSPS) is 8.53. The summed E-state index contributed by atoms with van der Waals surface area (Å²) in [6, 6.07) is 1.69. The van der Waals surface area contributed by atoms with Crippen molar-refractivity contribution in [3.63, 3.8) is 0 Å². The third kappa shape index (κ3) is 3.85. The van der Waals surface area contributed by atoms with Gasteiger partial charge in [-0.1, -0.05) is 0 Å². The van der Waals surface area contributed by atoms with Crippen molar-refractivity contribution in [2.24, 2.45) is 0 Å². The van der Waals surface area contributed by atoms with Crippen molar-refractivity contribution in [2.45, 2.75) is 0 Å². The molecular formula is C7H8GeO7. The molecule has 82 valence electrons. The number of hydrogen-bond acceptors (Lipinski definition) is 5. The molecule has 0 aliphatic heterocycles. The summed E-state index contributed by atoms with van der Waals surface area (Å²) in [6.45, 7) is 0. The molecule has 1 aromatic rings. The summed E-state index contributed by atoms with van der Waals surface area (Å²) in [5, 5.41) is 35.0. The first kappa shape index (κ1) is 13.2. The van der Waals surface area contributed by atoms with E-state index < -0.39 is 38.9 Å². The minimum absolute atomic E-state index is 0.289. The van der Waals surface area contributed by atoms with Gasteiger partial charge in [0.15, 0.2) is 17.2 Å². The number of aromatic carboxylic acids is 1. The number of aromatic hydroxyl groups is 3. The summed E-state index contributed by atoms with van der Waals surface area (Å²) in [6.07, 6.45) is 0. The molecule has 0 unspecified atom stereocenters. The molecule has 1 aromatic carbocycles. The van der Waals surface area contributed by atoms with Crippen LogP contribution in [0.3, 0.4) is 0 Å². The van der Waals surface area contributed by atoms with Gasteiger partial charge in [-0.3, -0.25) is 0 Å². The summed E-state index contributed by atoms with van der Waals surface area (Å²) in [5.74, 6) is -3.33. The molecule has 0 amide bonds. The number of carboxylic acids is 1. The fourth-order valence-electron chi connectivity index (χ4n) is 0.728. The molecule has 8 heteroatoms. The fourth-order valence-corrected chi connectivity index (χ4v) is 0.728. The van der Waals surface area contributed by atoms with Crippen LogP contribution in [0.2, 0.25) is 0 Å². The molecule has 0 heterocycles. The van der Waals surface area contributed by atoms with E-state index >= 15 is 0 Å². The summed E-state index contributed by atoms with van der Waals surface area (Å²) in [5.41, 5.74) is -0.289. The molecule has 15 heavy (non-hydrogen) atoms. The molecule has 0 spiro atoms. The van der Waals surface area contributed by atoms with E-state index in [9.17, 15) is 4.79 Å². The SMILES string of the molecule is O=C(O)c1cc(O)c(O)c(O)c1.[O]=[GeH][OH]. The van der Waals surface area contributed by atoms with E-state index in [0.29, 0.717) is 0 Å². The zero-order valence-corrected chi connectivity index (χ0v) is 9.71. The molecule has 0 aliphatic carbocycles. The second-order valence-corrected chi connectivity index (χ2v) is 2.72. The van der Waals surface area contributed by atoms with Crippen LogP contribution in [0.15, 0.2) is 12.1 Å². The average Bonchev–Trinajstić information content (AvgIpc) is 2.14. The van der Waals surface area contributed by atoms with Gasteiger partial charge in [0.25, 0.3) is 0 Å². The number of phenols is 3. The summed E-state index contributed by atoms with van der Waals surface area (Å²) in [4.78, 5) is 10.3. The van der Waals surface area contributed by atoms with Crippen LogP contribution in [0.25, 0.3) is 0 Å². The van der Waals surface area contributed by atoms with Crippen LogP contribution in [-0.2, 0) is 3.78 Å². The van der Waals surface area contributed by atoms with Crippen molar-refractivity contribution in [1.82, 2.24) is 0 Å². The van der Waals surface area contributed by atoms with E-state index in [1.54, 1.807) is 0 Å². The number of carbonyl (C=O) groups is 1. The predicted molar refractivity (Wildman–Crippen MR) is 48.5 cm³/mol. The van der Waals surface area contributed by atoms with E-state index in [1.165, 1.54) is 0 Å². The summed E-state index contributed by atoms with van der Waals surface area (Å²) in [7, 11) is 0. The molecule has 0 saturated carbocycles. The van der Waals surface area contributed by atoms with Crippen LogP contribution in [0.5, 0.6) is 17.2 Å². The molecular weight excluding hydrogens is 269 g/mol. The van der Waals surface area contributed by atoms with Gasteiger partial charge in [-0.15, -0.1) is 0 Å².